The molecule has 0 radical (unpaired) electrons. The predicted octanol–water partition coefficient (Wildman–Crippen LogP) is 1.55. The van der Waals surface area contributed by atoms with E-state index in [2.05, 4.69) is 0 Å². The first-order chi connectivity index (χ1) is 9.59. The molecule has 2 aliphatic rings. The lowest BCUT2D eigenvalue weighted by Crippen LogP contribution is -2.50. The highest BCUT2D eigenvalue weighted by atomic mass is 16.5. The van der Waals surface area contributed by atoms with E-state index in [1.54, 1.807) is 7.05 Å². The summed E-state index contributed by atoms with van der Waals surface area (Å²) in [7, 11) is 1.65. The van der Waals surface area contributed by atoms with Gasteiger partial charge in [-0.1, -0.05) is 24.3 Å². The van der Waals surface area contributed by atoms with E-state index in [-0.39, 0.29) is 12.5 Å². The number of nitrogens with zero attached hydrogens (tertiary/aromatic N) is 1. The van der Waals surface area contributed by atoms with Gasteiger partial charge in [-0.2, -0.15) is 0 Å². The van der Waals surface area contributed by atoms with Crippen LogP contribution < -0.4 is 0 Å². The van der Waals surface area contributed by atoms with Crippen LogP contribution in [0.2, 0.25) is 0 Å². The molecular weight excluding hydrogens is 258 g/mol. The first kappa shape index (κ1) is 13.1. The monoisotopic (exact) mass is 275 g/mol. The topological polar surface area (TPSA) is 66.8 Å². The van der Waals surface area contributed by atoms with Crippen molar-refractivity contribution in [1.82, 2.24) is 4.90 Å². The Bertz CT molecular complexity index is 553. The van der Waals surface area contributed by atoms with Crippen LogP contribution in [-0.2, 0) is 14.3 Å². The summed E-state index contributed by atoms with van der Waals surface area (Å²) >= 11 is 0. The van der Waals surface area contributed by atoms with Gasteiger partial charge in [-0.25, -0.2) is 4.79 Å². The van der Waals surface area contributed by atoms with Gasteiger partial charge in [0.2, 0.25) is 5.91 Å². The maximum Gasteiger partial charge on any atom is 0.335 e. The number of benzene rings is 1. The molecule has 1 saturated carbocycles. The van der Waals surface area contributed by atoms with Gasteiger partial charge in [-0.05, 0) is 29.9 Å². The quantitative estimate of drug-likeness (QED) is 0.908. The minimum absolute atomic E-state index is 0.171. The van der Waals surface area contributed by atoms with Crippen molar-refractivity contribution in [2.75, 3.05) is 13.7 Å². The molecule has 5 heteroatoms. The summed E-state index contributed by atoms with van der Waals surface area (Å²) in [6, 6.07) is 7.22. The molecule has 3 rings (SSSR count). The summed E-state index contributed by atoms with van der Waals surface area (Å²) in [5.41, 5.74) is 2.05. The number of carbonyl (C=O) groups is 2. The number of carbonyl (C=O) groups excluding carboxylic acids is 1. The number of morpholine rings is 1. The SMILES string of the molecule is CN1C(=O)COC(C(=O)O)C1c1ccccc1C1CC1. The number of likely N-dealkylation sites (N-methyl/N-ethyl adjacent to an activating group) is 1. The largest absolute Gasteiger partial charge is 0.479 e. The summed E-state index contributed by atoms with van der Waals surface area (Å²) in [4.78, 5) is 24.8. The average Bonchev–Trinajstić information content (AvgIpc) is 3.26. The van der Waals surface area contributed by atoms with Gasteiger partial charge in [0.25, 0.3) is 0 Å². The highest BCUT2D eigenvalue weighted by Crippen LogP contribution is 2.44. The first-order valence-corrected chi connectivity index (χ1v) is 6.78. The van der Waals surface area contributed by atoms with Crippen molar-refractivity contribution in [1.29, 1.82) is 0 Å². The minimum Gasteiger partial charge on any atom is -0.479 e. The van der Waals surface area contributed by atoms with Gasteiger partial charge in [0, 0.05) is 7.05 Å². The third-order valence-corrected chi connectivity index (χ3v) is 4.06. The van der Waals surface area contributed by atoms with Crippen LogP contribution in [-0.4, -0.2) is 41.6 Å². The standard InChI is InChI=1S/C15H17NO4/c1-16-12(17)8-20-14(15(18)19)13(16)11-5-3-2-4-10(11)9-6-7-9/h2-5,9,13-14H,6-8H2,1H3,(H,18,19). The van der Waals surface area contributed by atoms with Crippen molar-refractivity contribution in [2.45, 2.75) is 30.9 Å². The fourth-order valence-electron chi connectivity index (χ4n) is 2.84. The summed E-state index contributed by atoms with van der Waals surface area (Å²) in [6.45, 7) is -0.171. The molecule has 1 N–H and O–H groups in total. The van der Waals surface area contributed by atoms with E-state index in [0.29, 0.717) is 5.92 Å². The van der Waals surface area contributed by atoms with Crippen LogP contribution in [0.4, 0.5) is 0 Å². The van der Waals surface area contributed by atoms with E-state index in [4.69, 9.17) is 4.74 Å². The zero-order chi connectivity index (χ0) is 14.3. The molecule has 1 aliphatic heterocycles. The summed E-state index contributed by atoms with van der Waals surface area (Å²) in [6.07, 6.45) is 1.25. The Labute approximate surface area is 117 Å². The van der Waals surface area contributed by atoms with E-state index in [9.17, 15) is 14.7 Å². The summed E-state index contributed by atoms with van der Waals surface area (Å²) in [5.74, 6) is -0.718. The number of carboxylic acids is 1. The van der Waals surface area contributed by atoms with Crippen LogP contribution in [0.5, 0.6) is 0 Å². The van der Waals surface area contributed by atoms with Crippen LogP contribution in [0.3, 0.4) is 0 Å². The van der Waals surface area contributed by atoms with Crippen molar-refractivity contribution in [3.8, 4) is 0 Å². The molecule has 1 aromatic carbocycles. The Hall–Kier alpha value is -1.88. The molecule has 0 bridgehead atoms. The lowest BCUT2D eigenvalue weighted by molar-refractivity contribution is -0.171. The normalized spacial score (nSPS) is 26.6. The molecule has 5 nitrogen and oxygen atoms in total. The molecule has 1 saturated heterocycles. The zero-order valence-corrected chi connectivity index (χ0v) is 11.3. The second-order valence-corrected chi connectivity index (χ2v) is 5.42. The van der Waals surface area contributed by atoms with Gasteiger partial charge in [-0.15, -0.1) is 0 Å². The van der Waals surface area contributed by atoms with Crippen LogP contribution in [0.1, 0.15) is 35.9 Å². The number of rotatable bonds is 3. The third kappa shape index (κ3) is 2.18. The summed E-state index contributed by atoms with van der Waals surface area (Å²) in [5, 5.41) is 9.36. The lowest BCUT2D eigenvalue weighted by Gasteiger charge is -2.38. The number of amides is 1. The lowest BCUT2D eigenvalue weighted by atomic mass is 9.92. The van der Waals surface area contributed by atoms with Crippen LogP contribution >= 0.6 is 0 Å². The molecule has 0 aromatic heterocycles. The molecule has 1 heterocycles. The van der Waals surface area contributed by atoms with E-state index >= 15 is 0 Å². The van der Waals surface area contributed by atoms with E-state index in [1.807, 2.05) is 24.3 Å². The zero-order valence-electron chi connectivity index (χ0n) is 11.3. The van der Waals surface area contributed by atoms with Gasteiger partial charge >= 0.3 is 5.97 Å². The predicted molar refractivity (Wildman–Crippen MR) is 71.3 cm³/mol. The van der Waals surface area contributed by atoms with Gasteiger partial charge < -0.3 is 14.7 Å². The fourth-order valence-corrected chi connectivity index (χ4v) is 2.84. The molecule has 106 valence electrons. The first-order valence-electron chi connectivity index (χ1n) is 6.78. The van der Waals surface area contributed by atoms with Crippen molar-refractivity contribution >= 4 is 11.9 Å². The maximum absolute atomic E-state index is 11.9. The van der Waals surface area contributed by atoms with Gasteiger partial charge in [0.05, 0.1) is 6.04 Å². The molecule has 1 amide bonds. The molecule has 1 aliphatic carbocycles. The number of aliphatic carboxylic acids is 1. The summed E-state index contributed by atoms with van der Waals surface area (Å²) < 4.78 is 5.25. The van der Waals surface area contributed by atoms with Gasteiger partial charge in [0.15, 0.2) is 6.10 Å². The van der Waals surface area contributed by atoms with Crippen molar-refractivity contribution in [3.63, 3.8) is 0 Å². The molecule has 0 spiro atoms. The van der Waals surface area contributed by atoms with Crippen molar-refractivity contribution in [3.05, 3.63) is 35.4 Å². The van der Waals surface area contributed by atoms with Gasteiger partial charge in [-0.3, -0.25) is 4.79 Å². The van der Waals surface area contributed by atoms with Crippen LogP contribution in [0.25, 0.3) is 0 Å². The maximum atomic E-state index is 11.9. The van der Waals surface area contributed by atoms with Gasteiger partial charge in [0.1, 0.15) is 6.61 Å². The molecule has 1 aromatic rings. The van der Waals surface area contributed by atoms with E-state index < -0.39 is 18.1 Å². The second-order valence-electron chi connectivity index (χ2n) is 5.42. The van der Waals surface area contributed by atoms with E-state index in [1.165, 1.54) is 4.90 Å². The highest BCUT2D eigenvalue weighted by molar-refractivity contribution is 5.82. The Morgan fingerprint density at radius 3 is 2.55 bits per heavy atom. The Balaban J connectivity index is 2.03. The second kappa shape index (κ2) is 4.90. The molecule has 2 unspecified atom stereocenters. The Morgan fingerprint density at radius 1 is 1.30 bits per heavy atom. The minimum atomic E-state index is -1.03. The van der Waals surface area contributed by atoms with Crippen LogP contribution in [0, 0.1) is 0 Å². The third-order valence-electron chi connectivity index (χ3n) is 4.06. The fraction of sp³-hybridized carbons (Fsp3) is 0.467. The number of ether oxygens (including phenoxy) is 1. The smallest absolute Gasteiger partial charge is 0.335 e. The van der Waals surface area contributed by atoms with Crippen molar-refractivity contribution < 1.29 is 19.4 Å². The molecule has 2 fully saturated rings. The van der Waals surface area contributed by atoms with E-state index in [0.717, 1.165) is 24.0 Å². The number of hydrogen-bond acceptors (Lipinski definition) is 3. The molecule has 20 heavy (non-hydrogen) atoms. The molecule has 2 atom stereocenters. The average molecular weight is 275 g/mol. The van der Waals surface area contributed by atoms with Crippen molar-refractivity contribution in [2.24, 2.45) is 0 Å². The van der Waals surface area contributed by atoms with Crippen LogP contribution in [0.15, 0.2) is 24.3 Å². The Kier molecular flexibility index (Phi) is 3.22. The number of carboxylic acid groups (broad SMARTS) is 1. The highest BCUT2D eigenvalue weighted by Gasteiger charge is 2.42. The Morgan fingerprint density at radius 2 is 1.95 bits per heavy atom. The number of hydrogen-bond donors (Lipinski definition) is 1. The molecular formula is C15H17NO4.